The van der Waals surface area contributed by atoms with E-state index < -0.39 is 29.3 Å². The quantitative estimate of drug-likeness (QED) is 0.425. The van der Waals surface area contributed by atoms with E-state index in [1.54, 1.807) is 4.90 Å². The normalized spacial score (nSPS) is 24.2. The second kappa shape index (κ2) is 9.55. The van der Waals surface area contributed by atoms with Crippen molar-refractivity contribution in [2.24, 2.45) is 0 Å². The maximum Gasteiger partial charge on any atom is 0.421 e. The van der Waals surface area contributed by atoms with Crippen molar-refractivity contribution in [1.82, 2.24) is 9.88 Å². The topological polar surface area (TPSA) is 71.9 Å². The van der Waals surface area contributed by atoms with Gasteiger partial charge in [-0.3, -0.25) is 0 Å². The van der Waals surface area contributed by atoms with Crippen LogP contribution in [-0.2, 0) is 16.5 Å². The average molecular weight is 539 g/mol. The summed E-state index contributed by atoms with van der Waals surface area (Å²) in [6, 6.07) is 16.4. The van der Waals surface area contributed by atoms with Crippen molar-refractivity contribution >= 4 is 6.09 Å². The molecule has 2 atom stereocenters. The average Bonchev–Trinajstić information content (AvgIpc) is 3.24. The Morgan fingerprint density at radius 2 is 1.64 bits per heavy atom. The molecule has 2 saturated heterocycles. The Bertz CT molecular complexity index is 1350. The standard InChI is InChI=1S/C30H29F3N2O4/c1-38-27-26(30(31,32)33)13-18(16-34-27)29(37)14-19-7-6-8-20(15-29)35(19)28(36)39-17-25-23-11-4-2-9-21(23)22-10-3-5-12-24(22)25/h2-5,9-13,16,19-20,25,37H,6-8,14-15,17H2,1H3. The van der Waals surface area contributed by atoms with Crippen molar-refractivity contribution in [2.75, 3.05) is 13.7 Å². The molecule has 3 heterocycles. The molecule has 0 spiro atoms. The lowest BCUT2D eigenvalue weighted by molar-refractivity contribution is -0.139. The smallest absolute Gasteiger partial charge is 0.421 e. The Hall–Kier alpha value is -3.59. The number of alkyl halides is 3. The van der Waals surface area contributed by atoms with Crippen molar-refractivity contribution in [3.63, 3.8) is 0 Å². The predicted octanol–water partition coefficient (Wildman–Crippen LogP) is 6.26. The number of hydrogen-bond acceptors (Lipinski definition) is 5. The number of hydrogen-bond donors (Lipinski definition) is 1. The van der Waals surface area contributed by atoms with E-state index in [4.69, 9.17) is 9.47 Å². The Kier molecular flexibility index (Phi) is 6.29. The largest absolute Gasteiger partial charge is 0.481 e. The highest BCUT2D eigenvalue weighted by molar-refractivity contribution is 5.79. The molecule has 6 rings (SSSR count). The lowest BCUT2D eigenvalue weighted by atomic mass is 9.73. The number of fused-ring (bicyclic) bond motifs is 5. The van der Waals surface area contributed by atoms with Crippen molar-refractivity contribution in [1.29, 1.82) is 0 Å². The number of amides is 1. The molecular weight excluding hydrogens is 509 g/mol. The Labute approximate surface area is 224 Å². The van der Waals surface area contributed by atoms with Crippen LogP contribution in [0, 0.1) is 0 Å². The number of ether oxygens (including phenoxy) is 2. The van der Waals surface area contributed by atoms with Crippen LogP contribution in [0.4, 0.5) is 18.0 Å². The third-order valence-electron chi connectivity index (χ3n) is 8.44. The molecule has 2 unspecified atom stereocenters. The van der Waals surface area contributed by atoms with Crippen LogP contribution in [0.3, 0.4) is 0 Å². The number of methoxy groups -OCH3 is 1. The van der Waals surface area contributed by atoms with Crippen molar-refractivity contribution < 1.29 is 32.5 Å². The molecule has 2 fully saturated rings. The van der Waals surface area contributed by atoms with E-state index in [-0.39, 0.29) is 43.0 Å². The zero-order valence-corrected chi connectivity index (χ0v) is 21.4. The van der Waals surface area contributed by atoms with Crippen LogP contribution in [0.1, 0.15) is 60.3 Å². The first kappa shape index (κ1) is 25.7. The van der Waals surface area contributed by atoms with Gasteiger partial charge in [0.25, 0.3) is 0 Å². The molecular formula is C30H29F3N2O4. The summed E-state index contributed by atoms with van der Waals surface area (Å²) < 4.78 is 51.6. The van der Waals surface area contributed by atoms with Gasteiger partial charge in [0.1, 0.15) is 12.2 Å². The van der Waals surface area contributed by atoms with Crippen LogP contribution in [0.2, 0.25) is 0 Å². The van der Waals surface area contributed by atoms with Crippen LogP contribution in [0.5, 0.6) is 5.88 Å². The number of nitrogens with zero attached hydrogens (tertiary/aromatic N) is 2. The molecule has 2 aliphatic heterocycles. The van der Waals surface area contributed by atoms with Gasteiger partial charge in [0, 0.05) is 42.6 Å². The van der Waals surface area contributed by atoms with Crippen LogP contribution in [0.15, 0.2) is 60.8 Å². The monoisotopic (exact) mass is 538 g/mol. The van der Waals surface area contributed by atoms with Crippen molar-refractivity contribution in [3.8, 4) is 17.0 Å². The Balaban J connectivity index is 1.21. The van der Waals surface area contributed by atoms with E-state index in [1.807, 2.05) is 24.3 Å². The number of rotatable bonds is 4. The van der Waals surface area contributed by atoms with Crippen LogP contribution < -0.4 is 4.74 Å². The third-order valence-corrected chi connectivity index (χ3v) is 8.44. The van der Waals surface area contributed by atoms with E-state index in [0.29, 0.717) is 12.8 Å². The fourth-order valence-corrected chi connectivity index (χ4v) is 6.70. The van der Waals surface area contributed by atoms with Gasteiger partial charge < -0.3 is 19.5 Å². The summed E-state index contributed by atoms with van der Waals surface area (Å²) in [6.07, 6.45) is -1.52. The van der Waals surface area contributed by atoms with Crippen LogP contribution in [-0.4, -0.2) is 46.9 Å². The lowest BCUT2D eigenvalue weighted by Gasteiger charge is -2.51. The SMILES string of the molecule is COc1ncc(C2(O)CC3CCCC(C2)N3C(=O)OCC2c3ccccc3-c3ccccc32)cc1C(F)(F)F. The number of carbonyl (C=O) groups excluding carboxylic acids is 1. The van der Waals surface area contributed by atoms with Gasteiger partial charge in [0.15, 0.2) is 0 Å². The molecule has 1 aromatic heterocycles. The lowest BCUT2D eigenvalue weighted by Crippen LogP contribution is -2.59. The molecule has 0 radical (unpaired) electrons. The fourth-order valence-electron chi connectivity index (χ4n) is 6.70. The number of benzene rings is 2. The number of aliphatic hydroxyl groups is 1. The minimum Gasteiger partial charge on any atom is -0.481 e. The van der Waals surface area contributed by atoms with Gasteiger partial charge in [-0.2, -0.15) is 13.2 Å². The number of halogens is 3. The highest BCUT2D eigenvalue weighted by Gasteiger charge is 2.50. The Morgan fingerprint density at radius 1 is 1.05 bits per heavy atom. The van der Waals surface area contributed by atoms with Gasteiger partial charge in [-0.05, 0) is 47.6 Å². The summed E-state index contributed by atoms with van der Waals surface area (Å²) >= 11 is 0. The predicted molar refractivity (Wildman–Crippen MR) is 137 cm³/mol. The maximum atomic E-state index is 13.6. The molecule has 1 N–H and O–H groups in total. The number of piperidine rings is 2. The molecule has 1 aliphatic carbocycles. The highest BCUT2D eigenvalue weighted by Crippen LogP contribution is 2.47. The molecule has 1 amide bonds. The zero-order chi connectivity index (χ0) is 27.4. The maximum absolute atomic E-state index is 13.6. The summed E-state index contributed by atoms with van der Waals surface area (Å²) in [5.41, 5.74) is 2.02. The van der Waals surface area contributed by atoms with Gasteiger partial charge in [-0.15, -0.1) is 0 Å². The van der Waals surface area contributed by atoms with Crippen molar-refractivity contribution in [2.45, 2.75) is 61.9 Å². The molecule has 204 valence electrons. The summed E-state index contributed by atoms with van der Waals surface area (Å²) in [7, 11) is 1.13. The first-order valence-electron chi connectivity index (χ1n) is 13.2. The second-order valence-corrected chi connectivity index (χ2v) is 10.7. The summed E-state index contributed by atoms with van der Waals surface area (Å²) in [5, 5.41) is 11.6. The third kappa shape index (κ3) is 4.42. The second-order valence-electron chi connectivity index (χ2n) is 10.7. The summed E-state index contributed by atoms with van der Waals surface area (Å²) in [4.78, 5) is 19.0. The molecule has 2 bridgehead atoms. The van der Waals surface area contributed by atoms with Gasteiger partial charge in [0.2, 0.25) is 5.88 Å². The minimum absolute atomic E-state index is 0.0749. The molecule has 0 saturated carbocycles. The Morgan fingerprint density at radius 3 is 2.21 bits per heavy atom. The summed E-state index contributed by atoms with van der Waals surface area (Å²) in [6.45, 7) is 0.185. The van der Waals surface area contributed by atoms with E-state index >= 15 is 0 Å². The highest BCUT2D eigenvalue weighted by atomic mass is 19.4. The van der Waals surface area contributed by atoms with E-state index in [0.717, 1.165) is 41.9 Å². The molecule has 9 heteroatoms. The molecule has 39 heavy (non-hydrogen) atoms. The molecule has 2 aromatic carbocycles. The number of carbonyl (C=O) groups is 1. The molecule has 3 aliphatic rings. The van der Waals surface area contributed by atoms with Gasteiger partial charge >= 0.3 is 12.3 Å². The van der Waals surface area contributed by atoms with Crippen LogP contribution in [0.25, 0.3) is 11.1 Å². The number of aromatic nitrogens is 1. The molecule has 6 nitrogen and oxygen atoms in total. The minimum atomic E-state index is -4.68. The van der Waals surface area contributed by atoms with E-state index in [2.05, 4.69) is 29.2 Å². The zero-order valence-electron chi connectivity index (χ0n) is 21.4. The van der Waals surface area contributed by atoms with Gasteiger partial charge in [-0.1, -0.05) is 48.5 Å². The fraction of sp³-hybridized carbons (Fsp3) is 0.400. The van der Waals surface area contributed by atoms with Gasteiger partial charge in [-0.25, -0.2) is 9.78 Å². The van der Waals surface area contributed by atoms with Crippen molar-refractivity contribution in [3.05, 3.63) is 83.0 Å². The number of pyridine rings is 1. The first-order valence-corrected chi connectivity index (χ1v) is 13.2. The van der Waals surface area contributed by atoms with Crippen LogP contribution >= 0.6 is 0 Å². The summed E-state index contributed by atoms with van der Waals surface area (Å²) in [5.74, 6) is -0.611. The van der Waals surface area contributed by atoms with E-state index in [9.17, 15) is 23.1 Å². The molecule has 3 aromatic rings. The first-order chi connectivity index (χ1) is 18.7. The van der Waals surface area contributed by atoms with Gasteiger partial charge in [0.05, 0.1) is 12.7 Å². The van der Waals surface area contributed by atoms with E-state index in [1.165, 1.54) is 6.20 Å².